The van der Waals surface area contributed by atoms with Crippen molar-refractivity contribution in [2.45, 2.75) is 13.3 Å². The van der Waals surface area contributed by atoms with Gasteiger partial charge in [-0.05, 0) is 24.6 Å². The molecule has 20 heavy (non-hydrogen) atoms. The van der Waals surface area contributed by atoms with Gasteiger partial charge >= 0.3 is 0 Å². The fourth-order valence-electron chi connectivity index (χ4n) is 1.45. The summed E-state index contributed by atoms with van der Waals surface area (Å²) in [4.78, 5) is 0. The molecule has 0 saturated carbocycles. The van der Waals surface area contributed by atoms with Crippen LogP contribution >= 0.6 is 0 Å². The maximum Gasteiger partial charge on any atom is 0.165 e. The van der Waals surface area contributed by atoms with E-state index in [9.17, 15) is 12.8 Å². The van der Waals surface area contributed by atoms with Crippen LogP contribution in [0.4, 0.5) is 4.39 Å². The van der Waals surface area contributed by atoms with Gasteiger partial charge in [-0.3, -0.25) is 0 Å². The average molecular weight is 299 g/mol. The molecular formula is C14H18FNO3S. The highest BCUT2D eigenvalue weighted by Gasteiger charge is 2.08. The van der Waals surface area contributed by atoms with Crippen LogP contribution in [0.1, 0.15) is 18.9 Å². The van der Waals surface area contributed by atoms with Crippen molar-refractivity contribution in [2.75, 3.05) is 24.7 Å². The Labute approximate surface area is 119 Å². The van der Waals surface area contributed by atoms with E-state index >= 15 is 0 Å². The first-order valence-electron chi connectivity index (χ1n) is 6.30. The Hall–Kier alpha value is -1.58. The van der Waals surface area contributed by atoms with E-state index in [2.05, 4.69) is 11.8 Å². The summed E-state index contributed by atoms with van der Waals surface area (Å²) in [5, 5.41) is 0. The predicted molar refractivity (Wildman–Crippen MR) is 76.8 cm³/mol. The van der Waals surface area contributed by atoms with Crippen molar-refractivity contribution >= 4 is 9.84 Å². The molecule has 0 fully saturated rings. The average Bonchev–Trinajstić information content (AvgIpc) is 2.44. The molecule has 0 aromatic heterocycles. The van der Waals surface area contributed by atoms with Crippen molar-refractivity contribution in [3.8, 4) is 17.6 Å². The van der Waals surface area contributed by atoms with Gasteiger partial charge in [0.25, 0.3) is 0 Å². The SMILES string of the molecule is CCS(=O)(=O)CCCOc1cc(C#CCN)ccc1F. The quantitative estimate of drug-likeness (QED) is 0.636. The Kier molecular flexibility index (Phi) is 6.49. The van der Waals surface area contributed by atoms with Crippen molar-refractivity contribution in [1.82, 2.24) is 0 Å². The summed E-state index contributed by atoms with van der Waals surface area (Å²) in [6.45, 7) is 1.96. The normalized spacial score (nSPS) is 10.8. The van der Waals surface area contributed by atoms with E-state index in [1.54, 1.807) is 6.92 Å². The van der Waals surface area contributed by atoms with Crippen molar-refractivity contribution < 1.29 is 17.5 Å². The molecule has 1 aromatic rings. The highest BCUT2D eigenvalue weighted by atomic mass is 32.2. The second-order valence-corrected chi connectivity index (χ2v) is 6.56. The van der Waals surface area contributed by atoms with Crippen LogP contribution in [0.5, 0.6) is 5.75 Å². The molecule has 0 aliphatic carbocycles. The highest BCUT2D eigenvalue weighted by molar-refractivity contribution is 7.91. The van der Waals surface area contributed by atoms with Gasteiger partial charge in [0.2, 0.25) is 0 Å². The van der Waals surface area contributed by atoms with Crippen LogP contribution < -0.4 is 10.5 Å². The number of sulfone groups is 1. The molecule has 0 amide bonds. The second-order valence-electron chi connectivity index (χ2n) is 4.09. The summed E-state index contributed by atoms with van der Waals surface area (Å²) in [6.07, 6.45) is 0.328. The number of rotatable bonds is 6. The van der Waals surface area contributed by atoms with E-state index in [0.29, 0.717) is 12.0 Å². The largest absolute Gasteiger partial charge is 0.490 e. The maximum atomic E-state index is 13.5. The number of ether oxygens (including phenoxy) is 1. The fourth-order valence-corrected chi connectivity index (χ4v) is 2.30. The molecule has 0 atom stereocenters. The van der Waals surface area contributed by atoms with Gasteiger partial charge in [0.05, 0.1) is 18.9 Å². The molecule has 0 radical (unpaired) electrons. The van der Waals surface area contributed by atoms with Gasteiger partial charge in [-0.2, -0.15) is 0 Å². The fraction of sp³-hybridized carbons (Fsp3) is 0.429. The van der Waals surface area contributed by atoms with E-state index in [1.807, 2.05) is 0 Å². The topological polar surface area (TPSA) is 69.4 Å². The van der Waals surface area contributed by atoms with E-state index in [-0.39, 0.29) is 30.4 Å². The van der Waals surface area contributed by atoms with E-state index in [0.717, 1.165) is 0 Å². The molecule has 0 bridgehead atoms. The Morgan fingerprint density at radius 3 is 2.80 bits per heavy atom. The molecule has 4 nitrogen and oxygen atoms in total. The third kappa shape index (κ3) is 5.59. The minimum Gasteiger partial charge on any atom is -0.490 e. The van der Waals surface area contributed by atoms with E-state index in [1.165, 1.54) is 18.2 Å². The Balaban J connectivity index is 2.59. The first kappa shape index (κ1) is 16.5. The summed E-state index contributed by atoms with van der Waals surface area (Å²) in [5.41, 5.74) is 5.87. The summed E-state index contributed by atoms with van der Waals surface area (Å²) < 4.78 is 41.3. The lowest BCUT2D eigenvalue weighted by Crippen LogP contribution is -2.12. The minimum atomic E-state index is -3.01. The van der Waals surface area contributed by atoms with E-state index in [4.69, 9.17) is 10.5 Å². The van der Waals surface area contributed by atoms with Crippen LogP contribution in [-0.2, 0) is 9.84 Å². The molecule has 0 aliphatic heterocycles. The van der Waals surface area contributed by atoms with Crippen molar-refractivity contribution in [2.24, 2.45) is 5.73 Å². The van der Waals surface area contributed by atoms with Crippen LogP contribution in [0, 0.1) is 17.7 Å². The molecule has 0 heterocycles. The maximum absolute atomic E-state index is 13.5. The standard InChI is InChI=1S/C14H18FNO3S/c1-2-20(17,18)10-4-9-19-14-11-12(5-3-8-16)6-7-13(14)15/h6-7,11H,2,4,8-10,16H2,1H3. The summed E-state index contributed by atoms with van der Waals surface area (Å²) >= 11 is 0. The summed E-state index contributed by atoms with van der Waals surface area (Å²) in [6, 6.07) is 4.28. The summed E-state index contributed by atoms with van der Waals surface area (Å²) in [7, 11) is -3.01. The van der Waals surface area contributed by atoms with Crippen LogP contribution in [0.3, 0.4) is 0 Å². The van der Waals surface area contributed by atoms with Crippen molar-refractivity contribution in [1.29, 1.82) is 0 Å². The lowest BCUT2D eigenvalue weighted by molar-refractivity contribution is 0.301. The van der Waals surface area contributed by atoms with Gasteiger partial charge in [-0.1, -0.05) is 18.8 Å². The monoisotopic (exact) mass is 299 g/mol. The van der Waals surface area contributed by atoms with Gasteiger partial charge in [0, 0.05) is 11.3 Å². The van der Waals surface area contributed by atoms with Crippen LogP contribution in [0.2, 0.25) is 0 Å². The number of hydrogen-bond acceptors (Lipinski definition) is 4. The van der Waals surface area contributed by atoms with Crippen molar-refractivity contribution in [3.05, 3.63) is 29.6 Å². The molecule has 0 unspecified atom stereocenters. The van der Waals surface area contributed by atoms with Crippen LogP contribution in [0.15, 0.2) is 18.2 Å². The Bertz CT molecular complexity index is 603. The Morgan fingerprint density at radius 1 is 1.40 bits per heavy atom. The molecular weight excluding hydrogens is 281 g/mol. The number of halogens is 1. The molecule has 2 N–H and O–H groups in total. The van der Waals surface area contributed by atoms with Crippen LogP contribution in [0.25, 0.3) is 0 Å². The predicted octanol–water partition coefficient (Wildman–Crippen LogP) is 1.34. The third-order valence-corrected chi connectivity index (χ3v) is 4.35. The molecule has 0 spiro atoms. The molecule has 110 valence electrons. The first-order chi connectivity index (χ1) is 9.48. The smallest absolute Gasteiger partial charge is 0.165 e. The molecule has 0 saturated heterocycles. The zero-order valence-electron chi connectivity index (χ0n) is 11.4. The van der Waals surface area contributed by atoms with Crippen LogP contribution in [-0.4, -0.2) is 33.1 Å². The molecule has 6 heteroatoms. The number of nitrogens with two attached hydrogens (primary N) is 1. The van der Waals surface area contributed by atoms with Gasteiger partial charge in [-0.15, -0.1) is 0 Å². The zero-order valence-corrected chi connectivity index (χ0v) is 12.2. The second kappa shape index (κ2) is 7.88. The Morgan fingerprint density at radius 2 is 2.15 bits per heavy atom. The van der Waals surface area contributed by atoms with Gasteiger partial charge < -0.3 is 10.5 Å². The number of benzene rings is 1. The first-order valence-corrected chi connectivity index (χ1v) is 8.12. The molecule has 1 aromatic carbocycles. The third-order valence-electron chi connectivity index (χ3n) is 2.56. The lowest BCUT2D eigenvalue weighted by Gasteiger charge is -2.07. The van der Waals surface area contributed by atoms with Gasteiger partial charge in [0.1, 0.15) is 9.84 Å². The summed E-state index contributed by atoms with van der Waals surface area (Å²) in [5.74, 6) is 5.16. The zero-order chi connectivity index (χ0) is 15.0. The molecule has 0 aliphatic rings. The van der Waals surface area contributed by atoms with Gasteiger partial charge in [0.15, 0.2) is 11.6 Å². The number of hydrogen-bond donors (Lipinski definition) is 1. The lowest BCUT2D eigenvalue weighted by atomic mass is 10.2. The highest BCUT2D eigenvalue weighted by Crippen LogP contribution is 2.18. The molecule has 1 rings (SSSR count). The van der Waals surface area contributed by atoms with Gasteiger partial charge in [-0.25, -0.2) is 12.8 Å². The van der Waals surface area contributed by atoms with E-state index < -0.39 is 15.7 Å². The minimum absolute atomic E-state index is 0.0395. The van der Waals surface area contributed by atoms with Crippen molar-refractivity contribution in [3.63, 3.8) is 0 Å².